The van der Waals surface area contributed by atoms with Gasteiger partial charge in [-0.25, -0.2) is 4.79 Å². The van der Waals surface area contributed by atoms with Crippen molar-refractivity contribution in [3.8, 4) is 11.1 Å². The largest absolute Gasteiger partial charge is 0.479 e. The minimum absolute atomic E-state index is 0.0287. The summed E-state index contributed by atoms with van der Waals surface area (Å²) < 4.78 is 0. The number of rotatable bonds is 4. The number of para-hydroxylation sites is 1. The lowest BCUT2D eigenvalue weighted by atomic mass is 10.0. The zero-order valence-corrected chi connectivity index (χ0v) is 10.3. The molecule has 0 aliphatic heterocycles. The Morgan fingerprint density at radius 3 is 2.25 bits per heavy atom. The highest BCUT2D eigenvalue weighted by atomic mass is 16.6. The van der Waals surface area contributed by atoms with Gasteiger partial charge in [-0.2, -0.15) is 0 Å². The minimum Gasteiger partial charge on any atom is -0.479 e. The average molecular weight is 273 g/mol. The maximum atomic E-state index is 10.9. The summed E-state index contributed by atoms with van der Waals surface area (Å²) in [4.78, 5) is 21.1. The van der Waals surface area contributed by atoms with Crippen molar-refractivity contribution in [1.29, 1.82) is 0 Å². The molecule has 2 rings (SSSR count). The molecule has 0 fully saturated rings. The van der Waals surface area contributed by atoms with Crippen molar-refractivity contribution in [3.05, 3.63) is 64.2 Å². The zero-order valence-electron chi connectivity index (χ0n) is 10.3. The molecule has 0 saturated carbocycles. The van der Waals surface area contributed by atoms with Gasteiger partial charge in [-0.15, -0.1) is 0 Å². The summed E-state index contributed by atoms with van der Waals surface area (Å²) in [7, 11) is 0. The number of carboxylic acid groups (broad SMARTS) is 1. The highest BCUT2D eigenvalue weighted by molar-refractivity contribution is 5.76. The Kier molecular flexibility index (Phi) is 3.76. The predicted octanol–water partition coefficient (Wildman–Crippen LogP) is 2.38. The molecule has 0 spiro atoms. The maximum absolute atomic E-state index is 10.9. The molecular formula is C14H11NO5. The molecule has 0 radical (unpaired) electrons. The monoisotopic (exact) mass is 273 g/mol. The van der Waals surface area contributed by atoms with Gasteiger partial charge < -0.3 is 10.2 Å². The van der Waals surface area contributed by atoms with E-state index in [0.717, 1.165) is 0 Å². The molecule has 0 saturated heterocycles. The molecule has 0 bridgehead atoms. The molecule has 0 aliphatic rings. The Morgan fingerprint density at radius 1 is 1.10 bits per heavy atom. The molecule has 0 amide bonds. The third-order valence-corrected chi connectivity index (χ3v) is 2.87. The Balaban J connectivity index is 2.41. The number of hydrogen-bond acceptors (Lipinski definition) is 4. The van der Waals surface area contributed by atoms with Crippen LogP contribution in [0.1, 0.15) is 11.7 Å². The van der Waals surface area contributed by atoms with E-state index >= 15 is 0 Å². The molecule has 2 N–H and O–H groups in total. The fourth-order valence-electron chi connectivity index (χ4n) is 1.86. The van der Waals surface area contributed by atoms with E-state index in [0.29, 0.717) is 11.1 Å². The number of nitrogens with zero attached hydrogens (tertiary/aromatic N) is 1. The summed E-state index contributed by atoms with van der Waals surface area (Å²) in [5.41, 5.74) is 1.21. The number of nitro benzene ring substituents is 1. The second-order valence-corrected chi connectivity index (χ2v) is 4.14. The zero-order chi connectivity index (χ0) is 14.7. The molecule has 6 nitrogen and oxygen atoms in total. The Morgan fingerprint density at radius 2 is 1.70 bits per heavy atom. The fourth-order valence-corrected chi connectivity index (χ4v) is 1.86. The highest BCUT2D eigenvalue weighted by Crippen LogP contribution is 2.30. The highest BCUT2D eigenvalue weighted by Gasteiger charge is 2.17. The summed E-state index contributed by atoms with van der Waals surface area (Å²) in [5.74, 6) is -1.34. The number of carboxylic acids is 1. The number of aliphatic hydroxyl groups is 1. The molecule has 2 aromatic rings. The van der Waals surface area contributed by atoms with Crippen LogP contribution >= 0.6 is 0 Å². The lowest BCUT2D eigenvalue weighted by Crippen LogP contribution is -2.10. The first kappa shape index (κ1) is 13.7. The van der Waals surface area contributed by atoms with Crippen LogP contribution in [0.5, 0.6) is 0 Å². The maximum Gasteiger partial charge on any atom is 0.337 e. The third-order valence-electron chi connectivity index (χ3n) is 2.87. The molecule has 1 atom stereocenters. The number of carbonyl (C=O) groups is 1. The van der Waals surface area contributed by atoms with Gasteiger partial charge in [0.2, 0.25) is 0 Å². The van der Waals surface area contributed by atoms with Crippen molar-refractivity contribution in [2.75, 3.05) is 0 Å². The van der Waals surface area contributed by atoms with Crippen molar-refractivity contribution in [2.45, 2.75) is 6.10 Å². The molecule has 6 heteroatoms. The summed E-state index contributed by atoms with van der Waals surface area (Å²) in [6.45, 7) is 0. The van der Waals surface area contributed by atoms with E-state index in [-0.39, 0.29) is 11.3 Å². The quantitative estimate of drug-likeness (QED) is 0.658. The number of nitro groups is 1. The normalized spacial score (nSPS) is 11.8. The minimum atomic E-state index is -1.60. The first-order chi connectivity index (χ1) is 9.50. The van der Waals surface area contributed by atoms with Gasteiger partial charge in [0, 0.05) is 6.07 Å². The summed E-state index contributed by atoms with van der Waals surface area (Å²) in [6.07, 6.45) is -1.60. The average Bonchev–Trinajstić information content (AvgIpc) is 2.46. The molecular weight excluding hydrogens is 262 g/mol. The van der Waals surface area contributed by atoms with E-state index in [1.807, 2.05) is 0 Å². The van der Waals surface area contributed by atoms with Gasteiger partial charge in [-0.3, -0.25) is 10.1 Å². The molecule has 1 unspecified atom stereocenters. The Bertz CT molecular complexity index is 651. The van der Waals surface area contributed by atoms with E-state index < -0.39 is 17.0 Å². The van der Waals surface area contributed by atoms with Gasteiger partial charge in [-0.05, 0) is 17.2 Å². The molecule has 0 aromatic heterocycles. The first-order valence-corrected chi connectivity index (χ1v) is 5.75. The van der Waals surface area contributed by atoms with Crippen LogP contribution in [0.25, 0.3) is 11.1 Å². The van der Waals surface area contributed by atoms with E-state index in [2.05, 4.69) is 0 Å². The van der Waals surface area contributed by atoms with Crippen LogP contribution in [0.3, 0.4) is 0 Å². The summed E-state index contributed by atoms with van der Waals surface area (Å²) >= 11 is 0. The number of aliphatic carboxylic acids is 1. The van der Waals surface area contributed by atoms with Gasteiger partial charge in [0.05, 0.1) is 10.5 Å². The van der Waals surface area contributed by atoms with Crippen molar-refractivity contribution in [1.82, 2.24) is 0 Å². The van der Waals surface area contributed by atoms with Crippen molar-refractivity contribution >= 4 is 11.7 Å². The predicted molar refractivity (Wildman–Crippen MR) is 71.1 cm³/mol. The number of benzene rings is 2. The lowest BCUT2D eigenvalue weighted by molar-refractivity contribution is -0.384. The first-order valence-electron chi connectivity index (χ1n) is 5.75. The van der Waals surface area contributed by atoms with Crippen LogP contribution < -0.4 is 0 Å². The van der Waals surface area contributed by atoms with Crippen molar-refractivity contribution in [3.63, 3.8) is 0 Å². The van der Waals surface area contributed by atoms with Crippen molar-refractivity contribution < 1.29 is 19.9 Å². The van der Waals surface area contributed by atoms with Crippen LogP contribution in [0.4, 0.5) is 5.69 Å². The number of aliphatic hydroxyl groups excluding tert-OH is 1. The van der Waals surface area contributed by atoms with Gasteiger partial charge >= 0.3 is 5.97 Å². The molecule has 102 valence electrons. The van der Waals surface area contributed by atoms with Gasteiger partial charge in [0.25, 0.3) is 5.69 Å². The van der Waals surface area contributed by atoms with Crippen molar-refractivity contribution in [2.24, 2.45) is 0 Å². The SMILES string of the molecule is O=C(O)C(O)c1ccc(-c2ccccc2[N+](=O)[O-])cc1. The van der Waals surface area contributed by atoms with E-state index in [1.54, 1.807) is 30.3 Å². The molecule has 0 heterocycles. The fraction of sp³-hybridized carbons (Fsp3) is 0.0714. The second-order valence-electron chi connectivity index (χ2n) is 4.14. The van der Waals surface area contributed by atoms with Crippen LogP contribution in [0, 0.1) is 10.1 Å². The van der Waals surface area contributed by atoms with E-state index in [4.69, 9.17) is 5.11 Å². The number of hydrogen-bond donors (Lipinski definition) is 2. The third kappa shape index (κ3) is 2.65. The smallest absolute Gasteiger partial charge is 0.337 e. The Hall–Kier alpha value is -2.73. The van der Waals surface area contributed by atoms with Crippen LogP contribution in [0.2, 0.25) is 0 Å². The van der Waals surface area contributed by atoms with Crippen LogP contribution in [0.15, 0.2) is 48.5 Å². The van der Waals surface area contributed by atoms with Crippen LogP contribution in [-0.4, -0.2) is 21.1 Å². The van der Waals surface area contributed by atoms with Gasteiger partial charge in [-0.1, -0.05) is 36.4 Å². The standard InChI is InChI=1S/C14H11NO5/c16-13(14(17)18)10-7-5-9(6-8-10)11-3-1-2-4-12(11)15(19)20/h1-8,13,16H,(H,17,18). The summed E-state index contributed by atoms with van der Waals surface area (Å²) in [6, 6.07) is 12.2. The lowest BCUT2D eigenvalue weighted by Gasteiger charge is -2.07. The van der Waals surface area contributed by atoms with Gasteiger partial charge in [0.15, 0.2) is 6.10 Å². The molecule has 2 aromatic carbocycles. The summed E-state index contributed by atoms with van der Waals surface area (Å²) in [5, 5.41) is 29.0. The van der Waals surface area contributed by atoms with E-state index in [9.17, 15) is 20.0 Å². The van der Waals surface area contributed by atoms with Crippen LogP contribution in [-0.2, 0) is 4.79 Å². The molecule has 20 heavy (non-hydrogen) atoms. The Labute approximate surface area is 114 Å². The molecule has 0 aliphatic carbocycles. The van der Waals surface area contributed by atoms with E-state index in [1.165, 1.54) is 18.2 Å². The van der Waals surface area contributed by atoms with Gasteiger partial charge in [0.1, 0.15) is 0 Å². The topological polar surface area (TPSA) is 101 Å². The second kappa shape index (κ2) is 5.50.